The lowest BCUT2D eigenvalue weighted by Gasteiger charge is -2.09. The van der Waals surface area contributed by atoms with Gasteiger partial charge in [0.1, 0.15) is 0 Å². The van der Waals surface area contributed by atoms with E-state index >= 15 is 0 Å². The number of urea groups is 1. The van der Waals surface area contributed by atoms with Crippen LogP contribution in [0.25, 0.3) is 0 Å². The fourth-order valence-electron chi connectivity index (χ4n) is 2.43. The molecule has 0 atom stereocenters. The molecule has 1 aromatic carbocycles. The van der Waals surface area contributed by atoms with Gasteiger partial charge in [-0.2, -0.15) is 18.3 Å². The molecule has 2 N–H and O–H groups in total. The fourth-order valence-corrected chi connectivity index (χ4v) is 2.43. The zero-order valence-electron chi connectivity index (χ0n) is 12.8. The van der Waals surface area contributed by atoms with Crippen LogP contribution in [-0.2, 0) is 12.7 Å². The van der Waals surface area contributed by atoms with Crippen LogP contribution in [0, 0.1) is 0 Å². The van der Waals surface area contributed by atoms with E-state index in [4.69, 9.17) is 0 Å². The van der Waals surface area contributed by atoms with Crippen molar-refractivity contribution < 1.29 is 18.0 Å². The van der Waals surface area contributed by atoms with Crippen LogP contribution in [0.5, 0.6) is 0 Å². The van der Waals surface area contributed by atoms with E-state index in [2.05, 4.69) is 15.7 Å². The Labute approximate surface area is 136 Å². The number of halogens is 3. The van der Waals surface area contributed by atoms with Gasteiger partial charge >= 0.3 is 12.2 Å². The normalized spacial score (nSPS) is 14.5. The van der Waals surface area contributed by atoms with Gasteiger partial charge in [0.2, 0.25) is 0 Å². The third kappa shape index (κ3) is 4.06. The molecule has 2 aromatic rings. The molecule has 0 unspecified atom stereocenters. The third-order valence-corrected chi connectivity index (χ3v) is 3.74. The largest absolute Gasteiger partial charge is 0.435 e. The number of nitrogens with zero attached hydrogens (tertiary/aromatic N) is 2. The second kappa shape index (κ2) is 6.54. The van der Waals surface area contributed by atoms with Crippen LogP contribution in [0.15, 0.2) is 36.4 Å². The van der Waals surface area contributed by atoms with Gasteiger partial charge in [-0.25, -0.2) is 4.79 Å². The standard InChI is InChI=1S/C16H17F3N4O/c17-16(18,19)14-10-13(11-6-7-11)23(22-14)9-8-20-15(24)21-12-4-2-1-3-5-12/h1-5,10-11H,6-9H2,(H2,20,21,24). The molecule has 0 aliphatic heterocycles. The number of alkyl halides is 3. The van der Waals surface area contributed by atoms with Gasteiger partial charge in [0.15, 0.2) is 5.69 Å². The van der Waals surface area contributed by atoms with Gasteiger partial charge in [-0.05, 0) is 31.0 Å². The summed E-state index contributed by atoms with van der Waals surface area (Å²) in [6.07, 6.45) is -2.69. The Morgan fingerprint density at radius 2 is 1.96 bits per heavy atom. The van der Waals surface area contributed by atoms with Gasteiger partial charge in [0.25, 0.3) is 0 Å². The highest BCUT2D eigenvalue weighted by Gasteiger charge is 2.37. The smallest absolute Gasteiger partial charge is 0.336 e. The van der Waals surface area contributed by atoms with Crippen LogP contribution in [0.3, 0.4) is 0 Å². The van der Waals surface area contributed by atoms with Gasteiger partial charge in [0.05, 0.1) is 6.54 Å². The number of hydrogen-bond acceptors (Lipinski definition) is 2. The summed E-state index contributed by atoms with van der Waals surface area (Å²) in [6.45, 7) is 0.390. The summed E-state index contributed by atoms with van der Waals surface area (Å²) in [4.78, 5) is 11.8. The van der Waals surface area contributed by atoms with Crippen molar-refractivity contribution in [3.05, 3.63) is 47.8 Å². The first-order chi connectivity index (χ1) is 11.4. The molecular formula is C16H17F3N4O. The average molecular weight is 338 g/mol. The Morgan fingerprint density at radius 3 is 2.58 bits per heavy atom. The van der Waals surface area contributed by atoms with E-state index in [0.717, 1.165) is 18.9 Å². The Bertz CT molecular complexity index is 708. The molecule has 1 aliphatic carbocycles. The summed E-state index contributed by atoms with van der Waals surface area (Å²) in [5.74, 6) is 0.145. The number of carbonyl (C=O) groups is 1. The predicted molar refractivity (Wildman–Crippen MR) is 82.7 cm³/mol. The molecule has 0 saturated heterocycles. The lowest BCUT2D eigenvalue weighted by atomic mass is 10.2. The van der Waals surface area contributed by atoms with Crippen molar-refractivity contribution in [2.45, 2.75) is 31.5 Å². The van der Waals surface area contributed by atoms with E-state index in [0.29, 0.717) is 11.4 Å². The van der Waals surface area contributed by atoms with E-state index in [1.54, 1.807) is 24.3 Å². The fraction of sp³-hybridized carbons (Fsp3) is 0.375. The first kappa shape index (κ1) is 16.4. The highest BCUT2D eigenvalue weighted by atomic mass is 19.4. The SMILES string of the molecule is O=C(NCCn1nc(C(F)(F)F)cc1C1CC1)Nc1ccccc1. The Balaban J connectivity index is 1.56. The van der Waals surface area contributed by atoms with Gasteiger partial charge in [0, 0.05) is 23.8 Å². The molecule has 8 heteroatoms. The van der Waals surface area contributed by atoms with Gasteiger partial charge in [-0.1, -0.05) is 18.2 Å². The summed E-state index contributed by atoms with van der Waals surface area (Å²) in [6, 6.07) is 9.61. The minimum atomic E-state index is -4.45. The Morgan fingerprint density at radius 1 is 1.25 bits per heavy atom. The zero-order chi connectivity index (χ0) is 17.2. The van der Waals surface area contributed by atoms with Crippen molar-refractivity contribution >= 4 is 11.7 Å². The number of para-hydroxylation sites is 1. The van der Waals surface area contributed by atoms with Gasteiger partial charge < -0.3 is 10.6 Å². The van der Waals surface area contributed by atoms with Crippen LogP contribution < -0.4 is 10.6 Å². The summed E-state index contributed by atoms with van der Waals surface area (Å²) in [5, 5.41) is 8.91. The van der Waals surface area contributed by atoms with E-state index in [1.165, 1.54) is 4.68 Å². The highest BCUT2D eigenvalue weighted by Crippen LogP contribution is 2.42. The molecule has 3 rings (SSSR count). The third-order valence-electron chi connectivity index (χ3n) is 3.74. The minimum absolute atomic E-state index is 0.145. The molecule has 5 nitrogen and oxygen atoms in total. The average Bonchev–Trinajstić information content (AvgIpc) is 3.27. The molecular weight excluding hydrogens is 321 g/mol. The molecule has 0 spiro atoms. The lowest BCUT2D eigenvalue weighted by Crippen LogP contribution is -2.32. The predicted octanol–water partition coefficient (Wildman–Crippen LogP) is 3.60. The van der Waals surface area contributed by atoms with Gasteiger partial charge in [-0.3, -0.25) is 4.68 Å². The number of aromatic nitrogens is 2. The first-order valence-electron chi connectivity index (χ1n) is 7.68. The molecule has 1 heterocycles. The van der Waals surface area contributed by atoms with Gasteiger partial charge in [-0.15, -0.1) is 0 Å². The molecule has 128 valence electrons. The molecule has 1 fully saturated rings. The molecule has 1 aliphatic rings. The van der Waals surface area contributed by atoms with Crippen LogP contribution in [0.1, 0.15) is 30.1 Å². The van der Waals surface area contributed by atoms with E-state index in [-0.39, 0.29) is 19.0 Å². The summed E-state index contributed by atoms with van der Waals surface area (Å²) >= 11 is 0. The number of hydrogen-bond donors (Lipinski definition) is 2. The van der Waals surface area contributed by atoms with Crippen LogP contribution >= 0.6 is 0 Å². The quantitative estimate of drug-likeness (QED) is 0.875. The molecule has 1 saturated carbocycles. The number of benzene rings is 1. The molecule has 0 radical (unpaired) electrons. The second-order valence-electron chi connectivity index (χ2n) is 5.70. The van der Waals surface area contributed by atoms with Crippen molar-refractivity contribution in [1.29, 1.82) is 0 Å². The van der Waals surface area contributed by atoms with E-state index in [1.807, 2.05) is 6.07 Å². The Hall–Kier alpha value is -2.51. The van der Waals surface area contributed by atoms with Crippen molar-refractivity contribution in [2.24, 2.45) is 0 Å². The first-order valence-corrected chi connectivity index (χ1v) is 7.68. The minimum Gasteiger partial charge on any atom is -0.336 e. The maximum absolute atomic E-state index is 12.8. The zero-order valence-corrected chi connectivity index (χ0v) is 12.8. The van der Waals surface area contributed by atoms with Crippen molar-refractivity contribution in [3.8, 4) is 0 Å². The van der Waals surface area contributed by atoms with Crippen LogP contribution in [0.4, 0.5) is 23.7 Å². The topological polar surface area (TPSA) is 59.0 Å². The number of amides is 2. The monoisotopic (exact) mass is 338 g/mol. The molecule has 24 heavy (non-hydrogen) atoms. The van der Waals surface area contributed by atoms with Crippen molar-refractivity contribution in [1.82, 2.24) is 15.1 Å². The summed E-state index contributed by atoms with van der Waals surface area (Å²) in [5.41, 5.74) is 0.359. The molecule has 1 aromatic heterocycles. The van der Waals surface area contributed by atoms with Crippen LogP contribution in [-0.4, -0.2) is 22.4 Å². The van der Waals surface area contributed by atoms with Crippen molar-refractivity contribution in [3.63, 3.8) is 0 Å². The molecule has 0 bridgehead atoms. The van der Waals surface area contributed by atoms with Crippen LogP contribution in [0.2, 0.25) is 0 Å². The van der Waals surface area contributed by atoms with Crippen molar-refractivity contribution in [2.75, 3.05) is 11.9 Å². The van der Waals surface area contributed by atoms with E-state index < -0.39 is 17.9 Å². The lowest BCUT2D eigenvalue weighted by molar-refractivity contribution is -0.141. The Kier molecular flexibility index (Phi) is 4.46. The molecule has 2 amide bonds. The number of nitrogens with one attached hydrogen (secondary N) is 2. The summed E-state index contributed by atoms with van der Waals surface area (Å²) < 4.78 is 39.8. The second-order valence-corrected chi connectivity index (χ2v) is 5.70. The van der Waals surface area contributed by atoms with E-state index in [9.17, 15) is 18.0 Å². The number of carbonyl (C=O) groups excluding carboxylic acids is 1. The summed E-state index contributed by atoms with van der Waals surface area (Å²) in [7, 11) is 0. The maximum atomic E-state index is 12.8. The maximum Gasteiger partial charge on any atom is 0.435 e. The highest BCUT2D eigenvalue weighted by molar-refractivity contribution is 5.89. The number of anilines is 1. The number of rotatable bonds is 5.